The van der Waals surface area contributed by atoms with Gasteiger partial charge in [0.25, 0.3) is 0 Å². The van der Waals surface area contributed by atoms with Gasteiger partial charge in [-0.3, -0.25) is 4.68 Å². The Morgan fingerprint density at radius 1 is 1.47 bits per heavy atom. The van der Waals surface area contributed by atoms with Crippen molar-refractivity contribution in [2.24, 2.45) is 13.0 Å². The first-order chi connectivity index (χ1) is 9.25. The molecule has 4 nitrogen and oxygen atoms in total. The number of fused-ring (bicyclic) bond motifs is 1. The second kappa shape index (κ2) is 5.31. The van der Waals surface area contributed by atoms with E-state index in [0.29, 0.717) is 12.0 Å². The molecule has 1 aliphatic heterocycles. The van der Waals surface area contributed by atoms with Crippen molar-refractivity contribution in [3.05, 3.63) is 30.0 Å². The van der Waals surface area contributed by atoms with Crippen molar-refractivity contribution >= 4 is 10.9 Å². The average molecular weight is 259 g/mol. The van der Waals surface area contributed by atoms with Crippen molar-refractivity contribution in [3.8, 4) is 0 Å². The van der Waals surface area contributed by atoms with Gasteiger partial charge in [-0.05, 0) is 25.3 Å². The number of rotatable bonds is 4. The van der Waals surface area contributed by atoms with Crippen LogP contribution in [0.15, 0.2) is 24.3 Å². The minimum atomic E-state index is 0.475. The highest BCUT2D eigenvalue weighted by Crippen LogP contribution is 2.19. The Labute approximate surface area is 113 Å². The number of nitrogens with zero attached hydrogens (tertiary/aromatic N) is 2. The summed E-state index contributed by atoms with van der Waals surface area (Å²) in [4.78, 5) is 0. The number of aromatic nitrogens is 2. The lowest BCUT2D eigenvalue weighted by Gasteiger charge is -2.18. The molecule has 2 heterocycles. The summed E-state index contributed by atoms with van der Waals surface area (Å²) in [5.74, 6) is 0.634. The van der Waals surface area contributed by atoms with Gasteiger partial charge in [0.1, 0.15) is 0 Å². The van der Waals surface area contributed by atoms with E-state index in [1.165, 1.54) is 10.9 Å². The summed E-state index contributed by atoms with van der Waals surface area (Å²) < 4.78 is 7.40. The molecule has 0 spiro atoms. The first-order valence-electron chi connectivity index (χ1n) is 6.97. The maximum atomic E-state index is 5.44. The number of para-hydroxylation sites is 1. The van der Waals surface area contributed by atoms with Crippen molar-refractivity contribution < 1.29 is 4.74 Å². The standard InChI is InChI=1S/C15H21N3O/c1-11(12-7-8-19-10-12)16-9-14-13-5-3-4-6-15(13)18(2)17-14/h3-6,11-12,16H,7-10H2,1-2H3. The minimum absolute atomic E-state index is 0.475. The molecule has 102 valence electrons. The lowest BCUT2D eigenvalue weighted by Crippen LogP contribution is -2.33. The molecule has 1 aromatic heterocycles. The van der Waals surface area contributed by atoms with Gasteiger partial charge in [0, 0.05) is 31.6 Å². The molecule has 3 rings (SSSR count). The Bertz CT molecular complexity index is 558. The van der Waals surface area contributed by atoms with Crippen LogP contribution in [0.2, 0.25) is 0 Å². The fourth-order valence-corrected chi connectivity index (χ4v) is 2.79. The van der Waals surface area contributed by atoms with Crippen LogP contribution in [0.4, 0.5) is 0 Å². The smallest absolute Gasteiger partial charge is 0.0841 e. The number of hydrogen-bond acceptors (Lipinski definition) is 3. The third kappa shape index (κ3) is 2.51. The zero-order valence-corrected chi connectivity index (χ0v) is 11.6. The van der Waals surface area contributed by atoms with Crippen LogP contribution in [0.25, 0.3) is 10.9 Å². The summed E-state index contributed by atoms with van der Waals surface area (Å²) in [7, 11) is 2.00. The van der Waals surface area contributed by atoms with Gasteiger partial charge in [-0.25, -0.2) is 0 Å². The van der Waals surface area contributed by atoms with Gasteiger partial charge in [-0.1, -0.05) is 18.2 Å². The van der Waals surface area contributed by atoms with Gasteiger partial charge in [0.15, 0.2) is 0 Å². The van der Waals surface area contributed by atoms with Crippen molar-refractivity contribution in [1.29, 1.82) is 0 Å². The summed E-state index contributed by atoms with van der Waals surface area (Å²) in [6.45, 7) is 4.85. The van der Waals surface area contributed by atoms with E-state index in [0.717, 1.165) is 31.9 Å². The first-order valence-corrected chi connectivity index (χ1v) is 6.97. The molecule has 2 atom stereocenters. The zero-order valence-electron chi connectivity index (χ0n) is 11.6. The number of aryl methyl sites for hydroxylation is 1. The SMILES string of the molecule is CC(NCc1nn(C)c2ccccc12)C1CCOC1. The average Bonchev–Trinajstić information content (AvgIpc) is 3.06. The van der Waals surface area contributed by atoms with E-state index in [1.54, 1.807) is 0 Å². The van der Waals surface area contributed by atoms with Crippen LogP contribution in [-0.4, -0.2) is 29.0 Å². The third-order valence-electron chi connectivity index (χ3n) is 4.10. The number of ether oxygens (including phenoxy) is 1. The van der Waals surface area contributed by atoms with Crippen LogP contribution < -0.4 is 5.32 Å². The predicted molar refractivity (Wildman–Crippen MR) is 75.9 cm³/mol. The van der Waals surface area contributed by atoms with Crippen molar-refractivity contribution in [2.75, 3.05) is 13.2 Å². The van der Waals surface area contributed by atoms with Crippen LogP contribution in [0.1, 0.15) is 19.0 Å². The molecule has 0 aliphatic carbocycles. The van der Waals surface area contributed by atoms with Crippen LogP contribution >= 0.6 is 0 Å². The van der Waals surface area contributed by atoms with E-state index in [4.69, 9.17) is 4.74 Å². The lowest BCUT2D eigenvalue weighted by molar-refractivity contribution is 0.178. The predicted octanol–water partition coefficient (Wildman–Crippen LogP) is 2.09. The Morgan fingerprint density at radius 2 is 2.32 bits per heavy atom. The molecule has 1 fully saturated rings. The lowest BCUT2D eigenvalue weighted by atomic mass is 10.0. The molecule has 0 radical (unpaired) electrons. The Morgan fingerprint density at radius 3 is 3.11 bits per heavy atom. The minimum Gasteiger partial charge on any atom is -0.381 e. The van der Waals surface area contributed by atoms with Gasteiger partial charge in [0.05, 0.1) is 17.8 Å². The highest BCUT2D eigenvalue weighted by Gasteiger charge is 2.22. The molecule has 1 saturated heterocycles. The van der Waals surface area contributed by atoms with Gasteiger partial charge in [0.2, 0.25) is 0 Å². The highest BCUT2D eigenvalue weighted by molar-refractivity contribution is 5.81. The topological polar surface area (TPSA) is 39.1 Å². The second-order valence-corrected chi connectivity index (χ2v) is 5.38. The quantitative estimate of drug-likeness (QED) is 0.914. The molecule has 0 bridgehead atoms. The third-order valence-corrected chi connectivity index (χ3v) is 4.10. The van der Waals surface area contributed by atoms with Gasteiger partial charge in [-0.2, -0.15) is 5.10 Å². The van der Waals surface area contributed by atoms with Crippen LogP contribution in [0.5, 0.6) is 0 Å². The molecular weight excluding hydrogens is 238 g/mol. The molecule has 0 amide bonds. The molecule has 1 aromatic carbocycles. The molecule has 1 aliphatic rings. The van der Waals surface area contributed by atoms with E-state index in [1.807, 2.05) is 11.7 Å². The largest absolute Gasteiger partial charge is 0.381 e. The number of benzene rings is 1. The first kappa shape index (κ1) is 12.6. The fraction of sp³-hybridized carbons (Fsp3) is 0.533. The summed E-state index contributed by atoms with van der Waals surface area (Å²) >= 11 is 0. The van der Waals surface area contributed by atoms with E-state index in [9.17, 15) is 0 Å². The maximum absolute atomic E-state index is 5.44. The fourth-order valence-electron chi connectivity index (χ4n) is 2.79. The van der Waals surface area contributed by atoms with Crippen LogP contribution in [-0.2, 0) is 18.3 Å². The molecule has 1 N–H and O–H groups in total. The van der Waals surface area contributed by atoms with Gasteiger partial charge >= 0.3 is 0 Å². The summed E-state index contributed by atoms with van der Waals surface area (Å²) in [6.07, 6.45) is 1.16. The number of nitrogens with one attached hydrogen (secondary N) is 1. The molecule has 19 heavy (non-hydrogen) atoms. The van der Waals surface area contributed by atoms with Crippen LogP contribution in [0, 0.1) is 5.92 Å². The summed E-state index contributed by atoms with van der Waals surface area (Å²) in [6, 6.07) is 8.85. The Kier molecular flexibility index (Phi) is 3.53. The second-order valence-electron chi connectivity index (χ2n) is 5.38. The van der Waals surface area contributed by atoms with E-state index >= 15 is 0 Å². The van der Waals surface area contributed by atoms with E-state index in [2.05, 4.69) is 41.6 Å². The monoisotopic (exact) mass is 259 g/mol. The van der Waals surface area contributed by atoms with Gasteiger partial charge in [-0.15, -0.1) is 0 Å². The molecule has 0 saturated carbocycles. The van der Waals surface area contributed by atoms with Crippen molar-refractivity contribution in [2.45, 2.75) is 25.9 Å². The normalized spacial score (nSPS) is 21.1. The summed E-state index contributed by atoms with van der Waals surface area (Å²) in [5.41, 5.74) is 2.32. The van der Waals surface area contributed by atoms with Crippen molar-refractivity contribution in [1.82, 2.24) is 15.1 Å². The maximum Gasteiger partial charge on any atom is 0.0841 e. The highest BCUT2D eigenvalue weighted by atomic mass is 16.5. The molecule has 4 heteroatoms. The Balaban J connectivity index is 1.71. The van der Waals surface area contributed by atoms with Crippen molar-refractivity contribution in [3.63, 3.8) is 0 Å². The Hall–Kier alpha value is -1.39. The summed E-state index contributed by atoms with van der Waals surface area (Å²) in [5, 5.41) is 9.44. The van der Waals surface area contributed by atoms with Gasteiger partial charge < -0.3 is 10.1 Å². The van der Waals surface area contributed by atoms with E-state index in [-0.39, 0.29) is 0 Å². The van der Waals surface area contributed by atoms with Crippen LogP contribution in [0.3, 0.4) is 0 Å². The molecular formula is C15H21N3O. The zero-order chi connectivity index (χ0) is 13.2. The number of hydrogen-bond donors (Lipinski definition) is 1. The molecule has 2 unspecified atom stereocenters. The van der Waals surface area contributed by atoms with E-state index < -0.39 is 0 Å². The molecule has 2 aromatic rings.